The van der Waals surface area contributed by atoms with Crippen LogP contribution < -0.4 is 4.74 Å². The van der Waals surface area contributed by atoms with E-state index in [2.05, 4.69) is 0 Å². The lowest BCUT2D eigenvalue weighted by Gasteiger charge is -2.24. The number of aliphatic hydroxyl groups is 1. The molecule has 0 radical (unpaired) electrons. The number of hydrogen-bond acceptors (Lipinski definition) is 5. The van der Waals surface area contributed by atoms with Gasteiger partial charge in [0.15, 0.2) is 9.84 Å². The van der Waals surface area contributed by atoms with Crippen molar-refractivity contribution in [3.8, 4) is 5.75 Å². The van der Waals surface area contributed by atoms with Crippen LogP contribution in [0.5, 0.6) is 5.75 Å². The largest absolute Gasteiger partial charge is 0.494 e. The minimum atomic E-state index is -4.40. The third-order valence-electron chi connectivity index (χ3n) is 5.81. The molecule has 0 saturated heterocycles. The van der Waals surface area contributed by atoms with Crippen LogP contribution in [-0.4, -0.2) is 37.8 Å². The Morgan fingerprint density at radius 3 is 2.16 bits per heavy atom. The predicted molar refractivity (Wildman–Crippen MR) is 137 cm³/mol. The van der Waals surface area contributed by atoms with E-state index >= 15 is 0 Å². The lowest BCUT2D eigenvalue weighted by Crippen LogP contribution is -2.25. The molecule has 0 aliphatic heterocycles. The van der Waals surface area contributed by atoms with Gasteiger partial charge in [-0.3, -0.25) is 4.90 Å². The van der Waals surface area contributed by atoms with Crippen LogP contribution in [0.4, 0.5) is 13.2 Å². The van der Waals surface area contributed by atoms with Gasteiger partial charge in [0.1, 0.15) is 5.75 Å². The monoisotopic (exact) mass is 535 g/mol. The smallest absolute Gasteiger partial charge is 0.416 e. The van der Waals surface area contributed by atoms with Crippen LogP contribution in [0.1, 0.15) is 42.5 Å². The zero-order chi connectivity index (χ0) is 27.3. The number of rotatable bonds is 11. The molecular formula is C28H32F3NO4S. The molecule has 0 heterocycles. The summed E-state index contributed by atoms with van der Waals surface area (Å²) in [6.07, 6.45) is -2.76. The normalized spacial score (nSPS) is 12.6. The summed E-state index contributed by atoms with van der Waals surface area (Å²) in [4.78, 5) is 2.06. The van der Waals surface area contributed by atoms with E-state index in [4.69, 9.17) is 4.74 Å². The summed E-state index contributed by atoms with van der Waals surface area (Å²) < 4.78 is 69.8. The van der Waals surface area contributed by atoms with Crippen LogP contribution in [0.2, 0.25) is 0 Å². The molecule has 1 N–H and O–H groups in total. The Kier molecular flexibility index (Phi) is 9.05. The van der Waals surface area contributed by atoms with Crippen molar-refractivity contribution in [2.75, 3.05) is 19.4 Å². The maximum absolute atomic E-state index is 13.2. The highest BCUT2D eigenvalue weighted by Crippen LogP contribution is 2.31. The number of halogens is 3. The molecule has 37 heavy (non-hydrogen) atoms. The van der Waals surface area contributed by atoms with Gasteiger partial charge < -0.3 is 9.84 Å². The standard InChI is InChI=1S/C28H32F3NO4S/c1-27(2,33)25-14-13-24(18-26(25)37(3,34)35)36-16-8-15-32(19-21-9-5-4-6-10-21)20-22-11-7-12-23(17-22)28(29,30)31/h4-7,9-14,17-18,33H,8,15-16,19-20H2,1-3H3. The van der Waals surface area contributed by atoms with Crippen molar-refractivity contribution in [2.24, 2.45) is 0 Å². The molecular weight excluding hydrogens is 503 g/mol. The van der Waals surface area contributed by atoms with Crippen LogP contribution in [0.25, 0.3) is 0 Å². The average molecular weight is 536 g/mol. The molecule has 0 amide bonds. The molecule has 3 aromatic rings. The van der Waals surface area contributed by atoms with Crippen LogP contribution in [0.15, 0.2) is 77.7 Å². The molecule has 0 unspecified atom stereocenters. The van der Waals surface area contributed by atoms with Crippen molar-refractivity contribution in [3.05, 3.63) is 95.1 Å². The molecule has 0 saturated carbocycles. The first kappa shape index (κ1) is 28.7. The molecule has 200 valence electrons. The molecule has 9 heteroatoms. The lowest BCUT2D eigenvalue weighted by atomic mass is 9.98. The molecule has 0 bridgehead atoms. The number of hydrogen-bond donors (Lipinski definition) is 1. The summed E-state index contributed by atoms with van der Waals surface area (Å²) in [5, 5.41) is 10.3. The summed E-state index contributed by atoms with van der Waals surface area (Å²) in [6, 6.07) is 19.6. The highest BCUT2D eigenvalue weighted by Gasteiger charge is 2.30. The van der Waals surface area contributed by atoms with Gasteiger partial charge in [-0.15, -0.1) is 0 Å². The Morgan fingerprint density at radius 1 is 0.892 bits per heavy atom. The number of ether oxygens (including phenoxy) is 1. The van der Waals surface area contributed by atoms with Crippen LogP contribution in [0.3, 0.4) is 0 Å². The quantitative estimate of drug-likeness (QED) is 0.314. The maximum atomic E-state index is 13.2. The van der Waals surface area contributed by atoms with Crippen molar-refractivity contribution in [2.45, 2.75) is 50.0 Å². The number of nitrogens with zero attached hydrogens (tertiary/aromatic N) is 1. The summed E-state index contributed by atoms with van der Waals surface area (Å²) in [7, 11) is -3.59. The second-order valence-electron chi connectivity index (χ2n) is 9.59. The fourth-order valence-electron chi connectivity index (χ4n) is 4.04. The van der Waals surface area contributed by atoms with Crippen LogP contribution >= 0.6 is 0 Å². The summed E-state index contributed by atoms with van der Waals surface area (Å²) in [5.41, 5.74) is -0.123. The lowest BCUT2D eigenvalue weighted by molar-refractivity contribution is -0.137. The van der Waals surface area contributed by atoms with E-state index in [0.717, 1.165) is 17.9 Å². The highest BCUT2D eigenvalue weighted by atomic mass is 32.2. The van der Waals surface area contributed by atoms with Crippen molar-refractivity contribution < 1.29 is 31.4 Å². The summed E-state index contributed by atoms with van der Waals surface area (Å²) in [6.45, 7) is 4.74. The number of benzene rings is 3. The first-order valence-electron chi connectivity index (χ1n) is 11.9. The molecule has 0 fully saturated rings. The van der Waals surface area contributed by atoms with Crippen LogP contribution in [-0.2, 0) is 34.7 Å². The maximum Gasteiger partial charge on any atom is 0.416 e. The van der Waals surface area contributed by atoms with Crippen molar-refractivity contribution in [1.82, 2.24) is 4.90 Å². The second kappa shape index (κ2) is 11.7. The molecule has 5 nitrogen and oxygen atoms in total. The van der Waals surface area contributed by atoms with E-state index in [0.29, 0.717) is 37.4 Å². The molecule has 3 aromatic carbocycles. The topological polar surface area (TPSA) is 66.8 Å². The van der Waals surface area contributed by atoms with E-state index in [-0.39, 0.29) is 17.1 Å². The zero-order valence-electron chi connectivity index (χ0n) is 21.1. The van der Waals surface area contributed by atoms with E-state index in [1.807, 2.05) is 35.2 Å². The van der Waals surface area contributed by atoms with E-state index in [1.165, 1.54) is 32.0 Å². The first-order valence-corrected chi connectivity index (χ1v) is 13.7. The summed E-state index contributed by atoms with van der Waals surface area (Å²) in [5.74, 6) is 0.362. The van der Waals surface area contributed by atoms with Gasteiger partial charge in [0.05, 0.1) is 22.7 Å². The fraction of sp³-hybridized carbons (Fsp3) is 0.357. The van der Waals surface area contributed by atoms with Gasteiger partial charge in [0, 0.05) is 31.5 Å². The zero-order valence-corrected chi connectivity index (χ0v) is 21.9. The van der Waals surface area contributed by atoms with Crippen molar-refractivity contribution in [1.29, 1.82) is 0 Å². The van der Waals surface area contributed by atoms with Gasteiger partial charge in [-0.05, 0) is 49.6 Å². The van der Waals surface area contributed by atoms with Gasteiger partial charge in [-0.25, -0.2) is 8.42 Å². The highest BCUT2D eigenvalue weighted by molar-refractivity contribution is 7.90. The first-order chi connectivity index (χ1) is 17.2. The third kappa shape index (κ3) is 8.59. The average Bonchev–Trinajstić information content (AvgIpc) is 2.81. The van der Waals surface area contributed by atoms with E-state index in [9.17, 15) is 26.7 Å². The number of sulfone groups is 1. The molecule has 0 aromatic heterocycles. The Labute approximate surface area is 216 Å². The Balaban J connectivity index is 1.69. The Morgan fingerprint density at radius 2 is 1.54 bits per heavy atom. The molecule has 0 spiro atoms. The van der Waals surface area contributed by atoms with Gasteiger partial charge in [0.25, 0.3) is 0 Å². The van der Waals surface area contributed by atoms with Gasteiger partial charge in [-0.1, -0.05) is 54.6 Å². The molecule has 0 aliphatic rings. The van der Waals surface area contributed by atoms with E-state index < -0.39 is 27.2 Å². The molecule has 0 aliphatic carbocycles. The molecule has 3 rings (SSSR count). The third-order valence-corrected chi connectivity index (χ3v) is 6.95. The van der Waals surface area contributed by atoms with Gasteiger partial charge >= 0.3 is 6.18 Å². The number of alkyl halides is 3. The van der Waals surface area contributed by atoms with Gasteiger partial charge in [0.2, 0.25) is 0 Å². The van der Waals surface area contributed by atoms with Crippen molar-refractivity contribution in [3.63, 3.8) is 0 Å². The second-order valence-corrected chi connectivity index (χ2v) is 11.6. The fourth-order valence-corrected chi connectivity index (χ4v) is 5.09. The predicted octanol–water partition coefficient (Wildman–Crippen LogP) is 5.81. The molecule has 0 atom stereocenters. The minimum Gasteiger partial charge on any atom is -0.494 e. The van der Waals surface area contributed by atoms with Crippen molar-refractivity contribution >= 4 is 9.84 Å². The van der Waals surface area contributed by atoms with E-state index in [1.54, 1.807) is 18.2 Å². The van der Waals surface area contributed by atoms with Crippen LogP contribution in [0, 0.1) is 0 Å². The van der Waals surface area contributed by atoms with Gasteiger partial charge in [-0.2, -0.15) is 13.2 Å². The summed E-state index contributed by atoms with van der Waals surface area (Å²) >= 11 is 0. The Hall–Kier alpha value is -2.88. The Bertz CT molecular complexity index is 1290. The minimum absolute atomic E-state index is 0.00718. The SMILES string of the molecule is CC(C)(O)c1ccc(OCCCN(Cc2ccccc2)Cc2cccc(C(F)(F)F)c2)cc1S(C)(=O)=O.